The maximum absolute atomic E-state index is 12.3. The van der Waals surface area contributed by atoms with Gasteiger partial charge in [0.25, 0.3) is 0 Å². The van der Waals surface area contributed by atoms with Crippen LogP contribution in [-0.4, -0.2) is 22.7 Å². The van der Waals surface area contributed by atoms with Crippen molar-refractivity contribution in [1.29, 1.82) is 5.26 Å². The predicted octanol–water partition coefficient (Wildman–Crippen LogP) is 3.60. The summed E-state index contributed by atoms with van der Waals surface area (Å²) in [5.74, 6) is 2.71. The van der Waals surface area contributed by atoms with Crippen molar-refractivity contribution in [3.63, 3.8) is 0 Å². The summed E-state index contributed by atoms with van der Waals surface area (Å²) in [7, 11) is 0. The van der Waals surface area contributed by atoms with E-state index in [0.29, 0.717) is 22.3 Å². The van der Waals surface area contributed by atoms with E-state index in [9.17, 15) is 10.1 Å². The summed E-state index contributed by atoms with van der Waals surface area (Å²) < 4.78 is 0. The molecule has 1 amide bonds. The predicted molar refractivity (Wildman–Crippen MR) is 95.7 cm³/mol. The second-order valence-electron chi connectivity index (χ2n) is 7.36. The molecule has 128 valence electrons. The number of amides is 1. The Hall–Kier alpha value is -1.54. The average Bonchev–Trinajstić information content (AvgIpc) is 3.15. The van der Waals surface area contributed by atoms with E-state index in [-0.39, 0.29) is 11.9 Å². The van der Waals surface area contributed by atoms with Crippen LogP contribution in [-0.2, 0) is 4.79 Å². The van der Waals surface area contributed by atoms with Gasteiger partial charge in [0.2, 0.25) is 5.91 Å². The molecule has 1 heterocycles. The van der Waals surface area contributed by atoms with Crippen molar-refractivity contribution in [2.45, 2.75) is 57.5 Å². The molecule has 2 aliphatic carbocycles. The molecule has 1 aromatic rings. The highest BCUT2D eigenvalue weighted by Crippen LogP contribution is 2.49. The Balaban J connectivity index is 1.55. The van der Waals surface area contributed by atoms with Crippen molar-refractivity contribution in [2.75, 3.05) is 5.75 Å². The maximum atomic E-state index is 12.3. The molecule has 0 aromatic carbocycles. The summed E-state index contributed by atoms with van der Waals surface area (Å²) >= 11 is 1.36. The molecule has 0 aliphatic heterocycles. The van der Waals surface area contributed by atoms with E-state index in [1.54, 1.807) is 0 Å². The van der Waals surface area contributed by atoms with Crippen LogP contribution >= 0.6 is 11.8 Å². The standard InChI is InChI=1S/C19H25N3OS/c1-11-6-12(2)21-19(17(11)9-20)24-10-18(23)22-13(3)16-8-14-4-5-15(16)7-14/h6,13-16H,4-5,7-8,10H2,1-3H3,(H,22,23). The number of aryl methyl sites for hydroxylation is 2. The van der Waals surface area contributed by atoms with Crippen LogP contribution in [0, 0.1) is 42.9 Å². The largest absolute Gasteiger partial charge is 0.353 e. The fourth-order valence-corrected chi connectivity index (χ4v) is 5.40. The van der Waals surface area contributed by atoms with Crippen molar-refractivity contribution in [1.82, 2.24) is 10.3 Å². The molecule has 4 nitrogen and oxygen atoms in total. The maximum Gasteiger partial charge on any atom is 0.230 e. The average molecular weight is 343 g/mol. The Bertz CT molecular complexity index is 682. The highest BCUT2D eigenvalue weighted by molar-refractivity contribution is 8.00. The van der Waals surface area contributed by atoms with Gasteiger partial charge in [-0.3, -0.25) is 4.79 Å². The van der Waals surface area contributed by atoms with E-state index in [1.165, 1.54) is 37.4 Å². The lowest BCUT2D eigenvalue weighted by Gasteiger charge is -2.28. The zero-order valence-electron chi connectivity index (χ0n) is 14.6. The first-order chi connectivity index (χ1) is 11.5. The van der Waals surface area contributed by atoms with Crippen molar-refractivity contribution >= 4 is 17.7 Å². The molecule has 4 atom stereocenters. The van der Waals surface area contributed by atoms with Gasteiger partial charge in [-0.15, -0.1) is 0 Å². The van der Waals surface area contributed by atoms with Gasteiger partial charge in [0.15, 0.2) is 0 Å². The van der Waals surface area contributed by atoms with Crippen LogP contribution in [0.3, 0.4) is 0 Å². The molecule has 0 saturated heterocycles. The number of thioether (sulfide) groups is 1. The molecule has 2 aliphatic rings. The van der Waals surface area contributed by atoms with Crippen molar-refractivity contribution in [2.24, 2.45) is 17.8 Å². The lowest BCUT2D eigenvalue weighted by molar-refractivity contribution is -0.119. The monoisotopic (exact) mass is 343 g/mol. The molecule has 1 N–H and O–H groups in total. The Morgan fingerprint density at radius 3 is 2.88 bits per heavy atom. The molecule has 4 unspecified atom stereocenters. The first-order valence-corrected chi connectivity index (χ1v) is 9.77. The Labute approximate surface area is 148 Å². The molecule has 3 rings (SSSR count). The van der Waals surface area contributed by atoms with Crippen molar-refractivity contribution in [3.05, 3.63) is 22.9 Å². The van der Waals surface area contributed by atoms with Gasteiger partial charge >= 0.3 is 0 Å². The van der Waals surface area contributed by atoms with Gasteiger partial charge in [-0.25, -0.2) is 4.98 Å². The fraction of sp³-hybridized carbons (Fsp3) is 0.632. The third-order valence-electron chi connectivity index (χ3n) is 5.59. The van der Waals surface area contributed by atoms with E-state index in [0.717, 1.165) is 23.1 Å². The second kappa shape index (κ2) is 7.14. The van der Waals surface area contributed by atoms with Gasteiger partial charge in [-0.05, 0) is 69.4 Å². The number of hydrogen-bond acceptors (Lipinski definition) is 4. The van der Waals surface area contributed by atoms with Gasteiger partial charge in [-0.1, -0.05) is 18.2 Å². The summed E-state index contributed by atoms with van der Waals surface area (Å²) in [6.07, 6.45) is 5.35. The van der Waals surface area contributed by atoms with Crippen LogP contribution in [0.25, 0.3) is 0 Å². The molecule has 5 heteroatoms. The molecule has 0 spiro atoms. The Morgan fingerprint density at radius 2 is 2.25 bits per heavy atom. The number of nitrogens with zero attached hydrogens (tertiary/aromatic N) is 2. The minimum Gasteiger partial charge on any atom is -0.353 e. The minimum atomic E-state index is 0.0418. The Kier molecular flexibility index (Phi) is 5.15. The van der Waals surface area contributed by atoms with Crippen LogP contribution in [0.1, 0.15) is 49.4 Å². The smallest absolute Gasteiger partial charge is 0.230 e. The van der Waals surface area contributed by atoms with Gasteiger partial charge in [-0.2, -0.15) is 5.26 Å². The first-order valence-electron chi connectivity index (χ1n) is 8.78. The number of carbonyl (C=O) groups excluding carboxylic acids is 1. The summed E-state index contributed by atoms with van der Waals surface area (Å²) in [6.45, 7) is 5.97. The van der Waals surface area contributed by atoms with Crippen molar-refractivity contribution in [3.8, 4) is 6.07 Å². The summed E-state index contributed by atoms with van der Waals surface area (Å²) in [5.41, 5.74) is 2.38. The van der Waals surface area contributed by atoms with Crippen LogP contribution in [0.15, 0.2) is 11.1 Å². The normalized spacial score (nSPS) is 26.2. The molecular formula is C19H25N3OS. The van der Waals surface area contributed by atoms with Crippen LogP contribution in [0.4, 0.5) is 0 Å². The Morgan fingerprint density at radius 1 is 1.46 bits per heavy atom. The number of nitrogens with one attached hydrogen (secondary N) is 1. The molecular weight excluding hydrogens is 318 g/mol. The van der Waals surface area contributed by atoms with E-state index in [4.69, 9.17) is 0 Å². The number of carbonyl (C=O) groups is 1. The third kappa shape index (κ3) is 3.59. The fourth-order valence-electron chi connectivity index (χ4n) is 4.49. The van der Waals surface area contributed by atoms with Gasteiger partial charge < -0.3 is 5.32 Å². The SMILES string of the molecule is Cc1cc(C)c(C#N)c(SCC(=O)NC(C)C2CC3CCC2C3)n1. The summed E-state index contributed by atoms with van der Waals surface area (Å²) in [6, 6.07) is 4.35. The lowest BCUT2D eigenvalue weighted by Crippen LogP contribution is -2.40. The van der Waals surface area contributed by atoms with Crippen molar-refractivity contribution < 1.29 is 4.79 Å². The number of aromatic nitrogens is 1. The van der Waals surface area contributed by atoms with Crippen LogP contribution < -0.4 is 5.32 Å². The van der Waals surface area contributed by atoms with E-state index >= 15 is 0 Å². The van der Waals surface area contributed by atoms with Crippen LogP contribution in [0.5, 0.6) is 0 Å². The minimum absolute atomic E-state index is 0.0418. The first kappa shape index (κ1) is 17.3. The highest BCUT2D eigenvalue weighted by Gasteiger charge is 2.42. The lowest BCUT2D eigenvalue weighted by atomic mass is 9.84. The molecule has 2 fully saturated rings. The highest BCUT2D eigenvalue weighted by atomic mass is 32.2. The quantitative estimate of drug-likeness (QED) is 0.830. The van der Waals surface area contributed by atoms with Gasteiger partial charge in [0.05, 0.1) is 11.3 Å². The topological polar surface area (TPSA) is 65.8 Å². The summed E-state index contributed by atoms with van der Waals surface area (Å²) in [5, 5.41) is 13.1. The number of rotatable bonds is 5. The molecule has 2 saturated carbocycles. The van der Waals surface area contributed by atoms with Crippen LogP contribution in [0.2, 0.25) is 0 Å². The van der Waals surface area contributed by atoms with E-state index < -0.39 is 0 Å². The molecule has 2 bridgehead atoms. The molecule has 24 heavy (non-hydrogen) atoms. The number of hydrogen-bond donors (Lipinski definition) is 1. The number of pyridine rings is 1. The molecule has 0 radical (unpaired) electrons. The van der Waals surface area contributed by atoms with Gasteiger partial charge in [0, 0.05) is 11.7 Å². The second-order valence-corrected chi connectivity index (χ2v) is 8.32. The zero-order valence-corrected chi connectivity index (χ0v) is 15.4. The zero-order chi connectivity index (χ0) is 17.3. The number of fused-ring (bicyclic) bond motifs is 2. The van der Waals surface area contributed by atoms with E-state index in [1.807, 2.05) is 19.9 Å². The number of nitriles is 1. The van der Waals surface area contributed by atoms with E-state index in [2.05, 4.69) is 23.3 Å². The molecule has 1 aromatic heterocycles. The van der Waals surface area contributed by atoms with Gasteiger partial charge in [0.1, 0.15) is 11.1 Å². The summed E-state index contributed by atoms with van der Waals surface area (Å²) in [4.78, 5) is 16.7. The third-order valence-corrected chi connectivity index (χ3v) is 6.56.